The molecule has 0 spiro atoms. The van der Waals surface area contributed by atoms with Crippen LogP contribution < -0.4 is 10.1 Å². The van der Waals surface area contributed by atoms with Crippen LogP contribution >= 0.6 is 50.5 Å². The van der Waals surface area contributed by atoms with E-state index in [1.54, 1.807) is 29.5 Å². The summed E-state index contributed by atoms with van der Waals surface area (Å²) in [6.45, 7) is 1.37. The summed E-state index contributed by atoms with van der Waals surface area (Å²) >= 11 is 16.8. The number of hydrogen-bond acceptors (Lipinski definition) is 4. The standard InChI is InChI=1S/C14H14BrCl2NO2S/c15-9-3-12(21-8-9)6-18-5-10(19)7-20-11-1-2-13(16)14(17)4-11/h1-4,8,10,18-19H,5-7H2. The van der Waals surface area contributed by atoms with Crippen molar-refractivity contribution in [1.29, 1.82) is 0 Å². The van der Waals surface area contributed by atoms with Crippen LogP contribution in [0.5, 0.6) is 5.75 Å². The molecule has 0 bridgehead atoms. The number of rotatable bonds is 7. The van der Waals surface area contributed by atoms with Crippen LogP contribution in [0.4, 0.5) is 0 Å². The summed E-state index contributed by atoms with van der Waals surface area (Å²) in [7, 11) is 0. The average molecular weight is 411 g/mol. The molecular formula is C14H14BrCl2NO2S. The fourth-order valence-electron chi connectivity index (χ4n) is 1.63. The van der Waals surface area contributed by atoms with Crippen LogP contribution in [0.2, 0.25) is 10.0 Å². The Balaban J connectivity index is 1.69. The number of aliphatic hydroxyl groups excluding tert-OH is 1. The first-order chi connectivity index (χ1) is 10.0. The first kappa shape index (κ1) is 17.1. The van der Waals surface area contributed by atoms with Gasteiger partial charge in [-0.05, 0) is 34.1 Å². The topological polar surface area (TPSA) is 41.5 Å². The van der Waals surface area contributed by atoms with Gasteiger partial charge in [-0.1, -0.05) is 23.2 Å². The molecule has 0 saturated heterocycles. The summed E-state index contributed by atoms with van der Waals surface area (Å²) in [5.74, 6) is 0.589. The van der Waals surface area contributed by atoms with Crippen molar-refractivity contribution in [1.82, 2.24) is 5.32 Å². The third kappa shape index (κ3) is 5.77. The van der Waals surface area contributed by atoms with E-state index in [-0.39, 0.29) is 6.61 Å². The van der Waals surface area contributed by atoms with Crippen molar-refractivity contribution in [3.63, 3.8) is 0 Å². The van der Waals surface area contributed by atoms with Gasteiger partial charge < -0.3 is 15.2 Å². The number of hydrogen-bond donors (Lipinski definition) is 2. The van der Waals surface area contributed by atoms with Gasteiger partial charge in [0.05, 0.1) is 10.0 Å². The highest BCUT2D eigenvalue weighted by Crippen LogP contribution is 2.26. The minimum absolute atomic E-state index is 0.194. The van der Waals surface area contributed by atoms with Gasteiger partial charge >= 0.3 is 0 Å². The molecule has 1 aromatic carbocycles. The van der Waals surface area contributed by atoms with Crippen molar-refractivity contribution in [3.05, 3.63) is 49.0 Å². The zero-order chi connectivity index (χ0) is 15.2. The Bertz CT molecular complexity index is 594. The van der Waals surface area contributed by atoms with Crippen molar-refractivity contribution >= 4 is 50.5 Å². The van der Waals surface area contributed by atoms with E-state index < -0.39 is 6.10 Å². The van der Waals surface area contributed by atoms with E-state index >= 15 is 0 Å². The van der Waals surface area contributed by atoms with E-state index in [0.29, 0.717) is 22.3 Å². The van der Waals surface area contributed by atoms with Crippen molar-refractivity contribution in [2.75, 3.05) is 13.2 Å². The lowest BCUT2D eigenvalue weighted by Crippen LogP contribution is -2.30. The molecule has 0 radical (unpaired) electrons. The van der Waals surface area contributed by atoms with E-state index in [4.69, 9.17) is 27.9 Å². The quantitative estimate of drug-likeness (QED) is 0.712. The SMILES string of the molecule is OC(CNCc1cc(Br)cs1)COc1ccc(Cl)c(Cl)c1. The first-order valence-electron chi connectivity index (χ1n) is 6.24. The van der Waals surface area contributed by atoms with Gasteiger partial charge in [-0.2, -0.15) is 0 Å². The predicted octanol–water partition coefficient (Wildman–Crippen LogP) is 4.35. The number of aliphatic hydroxyl groups is 1. The second-order valence-electron chi connectivity index (χ2n) is 4.40. The van der Waals surface area contributed by atoms with Crippen molar-refractivity contribution < 1.29 is 9.84 Å². The molecule has 3 nitrogen and oxygen atoms in total. The number of halogens is 3. The van der Waals surface area contributed by atoms with Crippen LogP contribution in [0.15, 0.2) is 34.1 Å². The highest BCUT2D eigenvalue weighted by molar-refractivity contribution is 9.10. The van der Waals surface area contributed by atoms with Gasteiger partial charge in [-0.3, -0.25) is 0 Å². The minimum Gasteiger partial charge on any atom is -0.491 e. The summed E-state index contributed by atoms with van der Waals surface area (Å²) in [5.41, 5.74) is 0. The van der Waals surface area contributed by atoms with E-state index in [1.807, 2.05) is 5.38 Å². The van der Waals surface area contributed by atoms with E-state index in [9.17, 15) is 5.11 Å². The zero-order valence-corrected chi connectivity index (χ0v) is 14.9. The molecule has 2 aromatic rings. The monoisotopic (exact) mass is 409 g/mol. The van der Waals surface area contributed by atoms with Gasteiger partial charge in [0.1, 0.15) is 18.5 Å². The normalized spacial score (nSPS) is 12.4. The fourth-order valence-corrected chi connectivity index (χ4v) is 3.34. The smallest absolute Gasteiger partial charge is 0.121 e. The second-order valence-corrected chi connectivity index (χ2v) is 7.13. The molecule has 7 heteroatoms. The third-order valence-corrected chi connectivity index (χ3v) is 5.07. The number of thiophene rings is 1. The molecular weight excluding hydrogens is 397 g/mol. The second kappa shape index (κ2) is 8.36. The Kier molecular flexibility index (Phi) is 6.79. The molecule has 21 heavy (non-hydrogen) atoms. The van der Waals surface area contributed by atoms with Crippen molar-refractivity contribution in [2.45, 2.75) is 12.6 Å². The Morgan fingerprint density at radius 3 is 2.76 bits per heavy atom. The highest BCUT2D eigenvalue weighted by atomic mass is 79.9. The Morgan fingerprint density at radius 1 is 1.29 bits per heavy atom. The van der Waals surface area contributed by atoms with Crippen LogP contribution in [0.1, 0.15) is 4.88 Å². The lowest BCUT2D eigenvalue weighted by molar-refractivity contribution is 0.106. The van der Waals surface area contributed by atoms with Gasteiger partial charge in [0, 0.05) is 33.9 Å². The van der Waals surface area contributed by atoms with Crippen LogP contribution in [0.3, 0.4) is 0 Å². The van der Waals surface area contributed by atoms with E-state index in [2.05, 4.69) is 27.3 Å². The zero-order valence-electron chi connectivity index (χ0n) is 11.0. The van der Waals surface area contributed by atoms with Gasteiger partial charge in [0.15, 0.2) is 0 Å². The molecule has 0 amide bonds. The largest absolute Gasteiger partial charge is 0.491 e. The minimum atomic E-state index is -0.595. The number of benzene rings is 1. The summed E-state index contributed by atoms with van der Waals surface area (Å²) in [6, 6.07) is 7.07. The summed E-state index contributed by atoms with van der Waals surface area (Å²) < 4.78 is 6.55. The van der Waals surface area contributed by atoms with E-state index in [1.165, 1.54) is 4.88 Å². The first-order valence-corrected chi connectivity index (χ1v) is 8.67. The third-order valence-electron chi connectivity index (χ3n) is 2.63. The number of ether oxygens (including phenoxy) is 1. The molecule has 2 rings (SSSR count). The molecule has 114 valence electrons. The van der Waals surface area contributed by atoms with Crippen LogP contribution in [-0.4, -0.2) is 24.4 Å². The molecule has 2 N–H and O–H groups in total. The Hall–Kier alpha value is -0.300. The molecule has 1 atom stereocenters. The average Bonchev–Trinajstić information content (AvgIpc) is 2.86. The van der Waals surface area contributed by atoms with E-state index in [0.717, 1.165) is 11.0 Å². The molecule has 0 aliphatic heterocycles. The summed E-state index contributed by atoms with van der Waals surface area (Å²) in [6.07, 6.45) is -0.595. The highest BCUT2D eigenvalue weighted by Gasteiger charge is 2.07. The molecule has 0 aliphatic carbocycles. The maximum absolute atomic E-state index is 9.87. The molecule has 0 aliphatic rings. The predicted molar refractivity (Wildman–Crippen MR) is 91.7 cm³/mol. The van der Waals surface area contributed by atoms with Crippen LogP contribution in [0, 0.1) is 0 Å². The van der Waals surface area contributed by atoms with Gasteiger partial charge in [0.25, 0.3) is 0 Å². The molecule has 0 fully saturated rings. The maximum Gasteiger partial charge on any atom is 0.121 e. The fraction of sp³-hybridized carbons (Fsp3) is 0.286. The van der Waals surface area contributed by atoms with Gasteiger partial charge in [0.2, 0.25) is 0 Å². The summed E-state index contributed by atoms with van der Waals surface area (Å²) in [5, 5.41) is 16.0. The maximum atomic E-state index is 9.87. The Morgan fingerprint density at radius 2 is 2.10 bits per heavy atom. The number of nitrogens with one attached hydrogen (secondary N) is 1. The summed E-state index contributed by atoms with van der Waals surface area (Å²) in [4.78, 5) is 1.21. The molecule has 0 saturated carbocycles. The van der Waals surface area contributed by atoms with Crippen LogP contribution in [0.25, 0.3) is 0 Å². The molecule has 1 aromatic heterocycles. The van der Waals surface area contributed by atoms with Gasteiger partial charge in [-0.25, -0.2) is 0 Å². The molecule has 1 unspecified atom stereocenters. The van der Waals surface area contributed by atoms with Crippen molar-refractivity contribution in [2.24, 2.45) is 0 Å². The Labute approximate surface area is 146 Å². The molecule has 1 heterocycles. The van der Waals surface area contributed by atoms with Crippen molar-refractivity contribution in [3.8, 4) is 5.75 Å². The lowest BCUT2D eigenvalue weighted by atomic mass is 10.3. The van der Waals surface area contributed by atoms with Gasteiger partial charge in [-0.15, -0.1) is 11.3 Å². The lowest BCUT2D eigenvalue weighted by Gasteiger charge is -2.13. The van der Waals surface area contributed by atoms with Crippen LogP contribution in [-0.2, 0) is 6.54 Å².